The summed E-state index contributed by atoms with van der Waals surface area (Å²) in [6.07, 6.45) is 0. The summed E-state index contributed by atoms with van der Waals surface area (Å²) in [5, 5.41) is 8.26. The Hall–Kier alpha value is -0.730. The van der Waals surface area contributed by atoms with Crippen LogP contribution in [0.5, 0.6) is 0 Å². The lowest BCUT2D eigenvalue weighted by Crippen LogP contribution is -2.47. The van der Waals surface area contributed by atoms with Crippen molar-refractivity contribution in [3.8, 4) is 0 Å². The van der Waals surface area contributed by atoms with E-state index in [0.29, 0.717) is 26.4 Å². The molecule has 0 saturated carbocycles. The van der Waals surface area contributed by atoms with Crippen LogP contribution in [0.3, 0.4) is 0 Å². The van der Waals surface area contributed by atoms with Gasteiger partial charge in [-0.3, -0.25) is 0 Å². The van der Waals surface area contributed by atoms with E-state index in [4.69, 9.17) is 29.3 Å². The lowest BCUT2D eigenvalue weighted by atomic mass is 10.9. The molecule has 104 valence electrons. The lowest BCUT2D eigenvalue weighted by Gasteiger charge is -2.23. The number of quaternary nitrogens is 1. The van der Waals surface area contributed by atoms with Crippen molar-refractivity contribution in [3.05, 3.63) is 0 Å². The van der Waals surface area contributed by atoms with Crippen LogP contribution >= 0.6 is 0 Å². The molecule has 0 amide bonds. The molecule has 0 saturated heterocycles. The van der Waals surface area contributed by atoms with Crippen LogP contribution in [0.4, 0.5) is 0 Å². The van der Waals surface area contributed by atoms with Gasteiger partial charge >= 0.3 is 0 Å². The maximum Gasteiger partial charge on any atom is 0.247 e. The van der Waals surface area contributed by atoms with E-state index in [-0.39, 0.29) is 0 Å². The van der Waals surface area contributed by atoms with Crippen LogP contribution in [-0.2, 0) is 24.1 Å². The first-order valence-corrected chi connectivity index (χ1v) is 5.62. The van der Waals surface area contributed by atoms with Crippen LogP contribution in [0, 0.1) is 0 Å². The Kier molecular flexibility index (Phi) is 12.9. The fourth-order valence-electron chi connectivity index (χ4n) is 0.856. The topological polar surface area (TPSA) is 77.1 Å². The number of carboxylic acids is 1. The standard InChI is InChI=1S/C8H20NO4.C2H4O2/c1-5-10-9(11-6-2,12-7-3)13-8-4;1-2(3)4/h5-8H2,1-4H3;1H3,(H,3,4)/q+1;/p-1. The third kappa shape index (κ3) is 11.5. The Balaban J connectivity index is 0. The zero-order valence-electron chi connectivity index (χ0n) is 11.2. The summed E-state index contributed by atoms with van der Waals surface area (Å²) in [7, 11) is 0. The van der Waals surface area contributed by atoms with Gasteiger partial charge in [-0.25, -0.2) is 0 Å². The second-order valence-electron chi connectivity index (χ2n) is 2.61. The summed E-state index contributed by atoms with van der Waals surface area (Å²) in [6, 6.07) is 0. The van der Waals surface area contributed by atoms with Crippen molar-refractivity contribution in [3.63, 3.8) is 0 Å². The van der Waals surface area contributed by atoms with Crippen LogP contribution in [0.2, 0.25) is 0 Å². The largest absolute Gasteiger partial charge is 0.550 e. The van der Waals surface area contributed by atoms with Gasteiger partial charge in [-0.1, -0.05) is 19.4 Å². The Morgan fingerprint density at radius 1 is 0.882 bits per heavy atom. The highest BCUT2D eigenvalue weighted by Crippen LogP contribution is 2.12. The van der Waals surface area contributed by atoms with Crippen molar-refractivity contribution in [1.82, 2.24) is 0 Å². The molecule has 0 aromatic heterocycles. The molecule has 0 atom stereocenters. The summed E-state index contributed by atoms with van der Waals surface area (Å²) in [5.41, 5.74) is 0. The summed E-state index contributed by atoms with van der Waals surface area (Å²) in [4.78, 5) is 29.8. The van der Waals surface area contributed by atoms with Crippen molar-refractivity contribution in [1.29, 1.82) is 0 Å². The number of carbonyl (C=O) groups is 1. The predicted molar refractivity (Wildman–Crippen MR) is 57.4 cm³/mol. The molecule has 0 aromatic carbocycles. The molecule has 7 heteroatoms. The van der Waals surface area contributed by atoms with Gasteiger partial charge < -0.3 is 9.90 Å². The molecule has 0 fully saturated rings. The molecular weight excluding hydrogens is 230 g/mol. The van der Waals surface area contributed by atoms with Crippen molar-refractivity contribution >= 4 is 5.97 Å². The number of carboxylic acid groups (broad SMARTS) is 1. The van der Waals surface area contributed by atoms with Gasteiger partial charge in [-0.2, -0.15) is 0 Å². The molecule has 0 aromatic rings. The molecule has 0 aliphatic heterocycles. The Morgan fingerprint density at radius 2 is 1.06 bits per heavy atom. The van der Waals surface area contributed by atoms with Gasteiger partial charge in [0.15, 0.2) is 0 Å². The second-order valence-corrected chi connectivity index (χ2v) is 2.61. The highest BCUT2D eigenvalue weighted by atomic mass is 17.4. The SMILES string of the molecule is CC(=O)[O-].CCO[N+](OCC)(OCC)OCC. The molecule has 0 radical (unpaired) electrons. The van der Waals surface area contributed by atoms with E-state index in [1.165, 1.54) is 0 Å². The molecular formula is C10H23NO6. The zero-order chi connectivity index (χ0) is 13.7. The number of rotatable bonds is 8. The molecule has 0 bridgehead atoms. The van der Waals surface area contributed by atoms with E-state index >= 15 is 0 Å². The third-order valence-electron chi connectivity index (χ3n) is 1.15. The van der Waals surface area contributed by atoms with Crippen LogP contribution in [0.15, 0.2) is 0 Å². The molecule has 0 N–H and O–H groups in total. The van der Waals surface area contributed by atoms with Crippen LogP contribution < -0.4 is 5.11 Å². The number of hydrogen-bond acceptors (Lipinski definition) is 6. The highest BCUT2D eigenvalue weighted by molar-refractivity contribution is 5.60. The first-order chi connectivity index (χ1) is 7.97. The van der Waals surface area contributed by atoms with Gasteiger partial charge in [-0.15, -0.1) is 0 Å². The van der Waals surface area contributed by atoms with Crippen LogP contribution in [0.25, 0.3) is 0 Å². The van der Waals surface area contributed by atoms with E-state index in [0.717, 1.165) is 6.92 Å². The van der Waals surface area contributed by atoms with Crippen LogP contribution in [-0.4, -0.2) is 37.5 Å². The fourth-order valence-corrected chi connectivity index (χ4v) is 0.856. The minimum Gasteiger partial charge on any atom is -0.550 e. The van der Waals surface area contributed by atoms with Gasteiger partial charge in [0.2, 0.25) is 5.14 Å². The maximum atomic E-state index is 8.89. The van der Waals surface area contributed by atoms with E-state index in [9.17, 15) is 0 Å². The number of carbonyl (C=O) groups excluding carboxylic acids is 1. The average molecular weight is 253 g/mol. The van der Waals surface area contributed by atoms with E-state index in [2.05, 4.69) is 0 Å². The van der Waals surface area contributed by atoms with Crippen molar-refractivity contribution in [2.45, 2.75) is 34.6 Å². The highest BCUT2D eigenvalue weighted by Gasteiger charge is 2.36. The van der Waals surface area contributed by atoms with Crippen molar-refractivity contribution in [2.24, 2.45) is 0 Å². The molecule has 0 spiro atoms. The van der Waals surface area contributed by atoms with Gasteiger partial charge in [-0.05, 0) is 34.6 Å². The number of nitrogens with zero attached hydrogens (tertiary/aromatic N) is 1. The van der Waals surface area contributed by atoms with Gasteiger partial charge in [0.25, 0.3) is 0 Å². The first kappa shape index (κ1) is 18.6. The zero-order valence-corrected chi connectivity index (χ0v) is 11.2. The third-order valence-corrected chi connectivity index (χ3v) is 1.15. The summed E-state index contributed by atoms with van der Waals surface area (Å²) in [5.74, 6) is -1.08. The van der Waals surface area contributed by atoms with Gasteiger partial charge in [0.1, 0.15) is 26.4 Å². The van der Waals surface area contributed by atoms with Crippen LogP contribution in [0.1, 0.15) is 34.6 Å². The predicted octanol–water partition coefficient (Wildman–Crippen LogP) is 0.365. The summed E-state index contributed by atoms with van der Waals surface area (Å²) >= 11 is 0. The van der Waals surface area contributed by atoms with Gasteiger partial charge in [0.05, 0.1) is 0 Å². The number of aliphatic carboxylic acids is 1. The van der Waals surface area contributed by atoms with E-state index < -0.39 is 11.1 Å². The monoisotopic (exact) mass is 253 g/mol. The summed E-state index contributed by atoms with van der Waals surface area (Å²) < 4.78 is 0. The maximum absolute atomic E-state index is 8.89. The Labute approximate surface area is 102 Å². The second kappa shape index (κ2) is 11.7. The number of hydrogen-bond donors (Lipinski definition) is 0. The molecule has 0 aliphatic rings. The fraction of sp³-hybridized carbons (Fsp3) is 0.900. The van der Waals surface area contributed by atoms with Crippen molar-refractivity contribution < 1.29 is 34.4 Å². The van der Waals surface area contributed by atoms with E-state index in [1.54, 1.807) is 0 Å². The van der Waals surface area contributed by atoms with E-state index in [1.807, 2.05) is 27.7 Å². The summed E-state index contributed by atoms with van der Waals surface area (Å²) in [6.45, 7) is 10.2. The molecule has 0 heterocycles. The normalized spacial score (nSPS) is 10.6. The average Bonchev–Trinajstić information content (AvgIpc) is 2.18. The molecule has 17 heavy (non-hydrogen) atoms. The lowest BCUT2D eigenvalue weighted by molar-refractivity contribution is -1.47. The molecule has 0 rings (SSSR count). The molecule has 0 aliphatic carbocycles. The molecule has 7 nitrogen and oxygen atoms in total. The quantitative estimate of drug-likeness (QED) is 0.459. The van der Waals surface area contributed by atoms with Gasteiger partial charge in [0, 0.05) is 5.97 Å². The Morgan fingerprint density at radius 3 is 1.18 bits per heavy atom. The smallest absolute Gasteiger partial charge is 0.247 e. The van der Waals surface area contributed by atoms with Crippen molar-refractivity contribution in [2.75, 3.05) is 26.4 Å². The first-order valence-electron chi connectivity index (χ1n) is 5.62. The minimum atomic E-state index is -1.08. The Bertz CT molecular complexity index is 154. The minimum absolute atomic E-state index is 0.458. The molecule has 0 unspecified atom stereocenters.